The summed E-state index contributed by atoms with van der Waals surface area (Å²) in [6, 6.07) is 7.66. The molecule has 0 saturated heterocycles. The smallest absolute Gasteiger partial charge is 0.260 e. The molecule has 0 saturated carbocycles. The third kappa shape index (κ3) is 5.39. The van der Waals surface area contributed by atoms with Gasteiger partial charge in [0.1, 0.15) is 5.75 Å². The number of nitrogens with one attached hydrogen (secondary N) is 1. The van der Waals surface area contributed by atoms with Gasteiger partial charge in [0.25, 0.3) is 5.91 Å². The number of halogens is 1. The summed E-state index contributed by atoms with van der Waals surface area (Å²) in [5.74, 6) is 1.10. The Morgan fingerprint density at radius 1 is 1.41 bits per heavy atom. The van der Waals surface area contributed by atoms with E-state index in [2.05, 4.69) is 41.8 Å². The van der Waals surface area contributed by atoms with Crippen molar-refractivity contribution in [2.45, 2.75) is 26.9 Å². The van der Waals surface area contributed by atoms with Crippen LogP contribution in [0.25, 0.3) is 0 Å². The lowest BCUT2D eigenvalue weighted by molar-refractivity contribution is -0.127. The molecule has 0 bridgehead atoms. The highest BCUT2D eigenvalue weighted by Crippen LogP contribution is 2.16. The maximum Gasteiger partial charge on any atom is 0.260 e. The predicted octanol–water partition coefficient (Wildman–Crippen LogP) is 2.83. The first-order valence-corrected chi connectivity index (χ1v) is 6.77. The van der Waals surface area contributed by atoms with Crippen molar-refractivity contribution < 1.29 is 9.53 Å². The zero-order chi connectivity index (χ0) is 12.8. The molecule has 1 amide bonds. The maximum absolute atomic E-state index is 11.7. The fourth-order valence-electron chi connectivity index (χ4n) is 1.25. The van der Waals surface area contributed by atoms with Gasteiger partial charge < -0.3 is 10.1 Å². The van der Waals surface area contributed by atoms with E-state index in [1.165, 1.54) is 0 Å². The highest BCUT2D eigenvalue weighted by atomic mass is 127. The second-order valence-electron chi connectivity index (χ2n) is 4.36. The zero-order valence-corrected chi connectivity index (χ0v) is 12.5. The summed E-state index contributed by atoms with van der Waals surface area (Å²) in [5, 5.41) is 2.85. The highest BCUT2D eigenvalue weighted by molar-refractivity contribution is 14.1. The molecular weight excluding hydrogens is 329 g/mol. The van der Waals surface area contributed by atoms with Crippen LogP contribution in [0.4, 0.5) is 0 Å². The SMILES string of the molecule is CC(C)CNC(=O)C(C)Oc1cccc(I)c1. The number of hydrogen-bond acceptors (Lipinski definition) is 2. The van der Waals surface area contributed by atoms with Gasteiger partial charge >= 0.3 is 0 Å². The quantitative estimate of drug-likeness (QED) is 0.832. The summed E-state index contributed by atoms with van der Waals surface area (Å²) in [6.07, 6.45) is -0.466. The van der Waals surface area contributed by atoms with Crippen molar-refractivity contribution in [3.63, 3.8) is 0 Å². The van der Waals surface area contributed by atoms with E-state index >= 15 is 0 Å². The first kappa shape index (κ1) is 14.3. The average Bonchev–Trinajstić information content (AvgIpc) is 2.25. The number of amides is 1. The molecule has 0 radical (unpaired) electrons. The Morgan fingerprint density at radius 2 is 2.12 bits per heavy atom. The summed E-state index contributed by atoms with van der Waals surface area (Å²) in [4.78, 5) is 11.7. The Morgan fingerprint density at radius 3 is 2.71 bits per heavy atom. The minimum Gasteiger partial charge on any atom is -0.481 e. The van der Waals surface area contributed by atoms with Crippen LogP contribution in [0.15, 0.2) is 24.3 Å². The lowest BCUT2D eigenvalue weighted by Crippen LogP contribution is -2.38. The molecule has 1 unspecified atom stereocenters. The monoisotopic (exact) mass is 347 g/mol. The standard InChI is InChI=1S/C13H18INO2/c1-9(2)8-15-13(16)10(3)17-12-6-4-5-11(14)7-12/h4-7,9-10H,8H2,1-3H3,(H,15,16). The van der Waals surface area contributed by atoms with Crippen LogP contribution < -0.4 is 10.1 Å². The molecule has 0 spiro atoms. The Balaban J connectivity index is 2.48. The molecule has 1 atom stereocenters. The molecular formula is C13H18INO2. The number of hydrogen-bond donors (Lipinski definition) is 1. The van der Waals surface area contributed by atoms with Crippen molar-refractivity contribution in [3.8, 4) is 5.75 Å². The average molecular weight is 347 g/mol. The van der Waals surface area contributed by atoms with Gasteiger partial charge in [-0.3, -0.25) is 4.79 Å². The largest absolute Gasteiger partial charge is 0.481 e. The Kier molecular flexibility index (Phi) is 5.74. The number of rotatable bonds is 5. The molecule has 1 aromatic carbocycles. The van der Waals surface area contributed by atoms with Gasteiger partial charge in [-0.2, -0.15) is 0 Å². The van der Waals surface area contributed by atoms with Gasteiger partial charge in [0, 0.05) is 10.1 Å². The first-order chi connectivity index (χ1) is 7.99. The topological polar surface area (TPSA) is 38.3 Å². The van der Waals surface area contributed by atoms with Gasteiger partial charge in [-0.25, -0.2) is 0 Å². The van der Waals surface area contributed by atoms with Crippen molar-refractivity contribution in [1.29, 1.82) is 0 Å². The fourth-order valence-corrected chi connectivity index (χ4v) is 1.76. The maximum atomic E-state index is 11.7. The van der Waals surface area contributed by atoms with E-state index in [9.17, 15) is 4.79 Å². The van der Waals surface area contributed by atoms with Crippen LogP contribution in [0.3, 0.4) is 0 Å². The lowest BCUT2D eigenvalue weighted by Gasteiger charge is -2.15. The molecule has 17 heavy (non-hydrogen) atoms. The molecule has 4 heteroatoms. The number of ether oxygens (including phenoxy) is 1. The van der Waals surface area contributed by atoms with Gasteiger partial charge in [-0.1, -0.05) is 19.9 Å². The number of benzene rings is 1. The van der Waals surface area contributed by atoms with Crippen LogP contribution in [0.5, 0.6) is 5.75 Å². The molecule has 1 aromatic rings. The molecule has 1 N–H and O–H groups in total. The Bertz CT molecular complexity index is 379. The van der Waals surface area contributed by atoms with Crippen LogP contribution in [0.1, 0.15) is 20.8 Å². The van der Waals surface area contributed by atoms with E-state index in [1.807, 2.05) is 24.3 Å². The van der Waals surface area contributed by atoms with Crippen LogP contribution >= 0.6 is 22.6 Å². The number of carbonyl (C=O) groups excluding carboxylic acids is 1. The van der Waals surface area contributed by atoms with E-state index in [-0.39, 0.29) is 5.91 Å². The second kappa shape index (κ2) is 6.83. The Hall–Kier alpha value is -0.780. The predicted molar refractivity (Wildman–Crippen MR) is 77.1 cm³/mol. The van der Waals surface area contributed by atoms with Gasteiger partial charge in [0.15, 0.2) is 6.10 Å². The molecule has 0 aliphatic carbocycles. The van der Waals surface area contributed by atoms with Gasteiger partial charge in [-0.15, -0.1) is 0 Å². The molecule has 0 fully saturated rings. The highest BCUT2D eigenvalue weighted by Gasteiger charge is 2.14. The molecule has 0 heterocycles. The summed E-state index contributed by atoms with van der Waals surface area (Å²) < 4.78 is 6.66. The van der Waals surface area contributed by atoms with E-state index in [0.717, 1.165) is 9.32 Å². The van der Waals surface area contributed by atoms with E-state index in [0.29, 0.717) is 12.5 Å². The minimum atomic E-state index is -0.466. The summed E-state index contributed by atoms with van der Waals surface area (Å²) in [7, 11) is 0. The summed E-state index contributed by atoms with van der Waals surface area (Å²) in [6.45, 7) is 6.56. The first-order valence-electron chi connectivity index (χ1n) is 5.69. The summed E-state index contributed by atoms with van der Waals surface area (Å²) in [5.41, 5.74) is 0. The van der Waals surface area contributed by atoms with E-state index in [4.69, 9.17) is 4.74 Å². The zero-order valence-electron chi connectivity index (χ0n) is 10.4. The molecule has 0 aliphatic heterocycles. The van der Waals surface area contributed by atoms with Crippen LogP contribution in [-0.4, -0.2) is 18.6 Å². The van der Waals surface area contributed by atoms with Crippen LogP contribution in [0.2, 0.25) is 0 Å². The van der Waals surface area contributed by atoms with Crippen molar-refractivity contribution in [2.24, 2.45) is 5.92 Å². The summed E-state index contributed by atoms with van der Waals surface area (Å²) >= 11 is 2.21. The van der Waals surface area contributed by atoms with Gasteiger partial charge in [0.2, 0.25) is 0 Å². The van der Waals surface area contributed by atoms with E-state index < -0.39 is 6.10 Å². The molecule has 3 nitrogen and oxygen atoms in total. The molecule has 1 rings (SSSR count). The molecule has 0 aliphatic rings. The van der Waals surface area contributed by atoms with E-state index in [1.54, 1.807) is 6.92 Å². The second-order valence-corrected chi connectivity index (χ2v) is 5.60. The van der Waals surface area contributed by atoms with Gasteiger partial charge in [0.05, 0.1) is 0 Å². The minimum absolute atomic E-state index is 0.0717. The van der Waals surface area contributed by atoms with Gasteiger partial charge in [-0.05, 0) is 53.6 Å². The van der Waals surface area contributed by atoms with Crippen molar-refractivity contribution in [2.75, 3.05) is 6.54 Å². The lowest BCUT2D eigenvalue weighted by atomic mass is 10.2. The third-order valence-corrected chi connectivity index (χ3v) is 2.83. The molecule has 94 valence electrons. The van der Waals surface area contributed by atoms with Crippen molar-refractivity contribution in [3.05, 3.63) is 27.8 Å². The van der Waals surface area contributed by atoms with Crippen LogP contribution in [0, 0.1) is 9.49 Å². The molecule has 0 aromatic heterocycles. The normalized spacial score (nSPS) is 12.3. The fraction of sp³-hybridized carbons (Fsp3) is 0.462. The van der Waals surface area contributed by atoms with Crippen LogP contribution in [-0.2, 0) is 4.79 Å². The van der Waals surface area contributed by atoms with Crippen molar-refractivity contribution >= 4 is 28.5 Å². The third-order valence-electron chi connectivity index (χ3n) is 2.16. The number of carbonyl (C=O) groups is 1. The Labute approximate surface area is 116 Å². The van der Waals surface area contributed by atoms with Crippen molar-refractivity contribution in [1.82, 2.24) is 5.32 Å².